The number of nitrogens with zero attached hydrogens (tertiary/aromatic N) is 1. The first-order valence-electron chi connectivity index (χ1n) is 5.55. The second-order valence-electron chi connectivity index (χ2n) is 3.79. The van der Waals surface area contributed by atoms with E-state index in [0.717, 1.165) is 5.56 Å². The number of thiophene rings is 1. The summed E-state index contributed by atoms with van der Waals surface area (Å²) in [5.41, 5.74) is 3.21. The summed E-state index contributed by atoms with van der Waals surface area (Å²) in [5, 5.41) is 10.9. The minimum absolute atomic E-state index is 0.217. The van der Waals surface area contributed by atoms with Gasteiger partial charge in [0.1, 0.15) is 18.4 Å². The quantitative estimate of drug-likeness (QED) is 0.516. The van der Waals surface area contributed by atoms with Crippen molar-refractivity contribution in [3.05, 3.63) is 50.7 Å². The molecular formula is C13H10ClN3O2S. The van der Waals surface area contributed by atoms with Gasteiger partial charge in [-0.05, 0) is 23.6 Å². The first-order valence-corrected chi connectivity index (χ1v) is 6.81. The van der Waals surface area contributed by atoms with Crippen LogP contribution in [0.4, 0.5) is 0 Å². The number of carbonyl (C=O) groups is 1. The van der Waals surface area contributed by atoms with Crippen LogP contribution in [0.25, 0.3) is 0 Å². The number of benzene rings is 1. The number of amides is 1. The maximum absolute atomic E-state index is 11.5. The minimum Gasteiger partial charge on any atom is -0.489 e. The average Bonchev–Trinajstić information content (AvgIpc) is 2.93. The van der Waals surface area contributed by atoms with E-state index in [4.69, 9.17) is 27.4 Å². The number of hydrogen-bond acceptors (Lipinski definition) is 5. The Bertz CT molecular complexity index is 678. The molecule has 0 spiro atoms. The number of hydrogen-bond donors (Lipinski definition) is 2. The second kappa shape index (κ2) is 6.39. The minimum atomic E-state index is -0.350. The maximum Gasteiger partial charge on any atom is 0.275 e. The topological polar surface area (TPSA) is 88.1 Å². The van der Waals surface area contributed by atoms with Crippen molar-refractivity contribution in [2.75, 3.05) is 0 Å². The summed E-state index contributed by atoms with van der Waals surface area (Å²) in [6.07, 6.45) is 0. The third-order valence-corrected chi connectivity index (χ3v) is 3.81. The van der Waals surface area contributed by atoms with Gasteiger partial charge in [0.2, 0.25) is 0 Å². The van der Waals surface area contributed by atoms with Crippen molar-refractivity contribution in [1.29, 1.82) is 5.26 Å². The smallest absolute Gasteiger partial charge is 0.275 e. The van der Waals surface area contributed by atoms with E-state index in [0.29, 0.717) is 21.2 Å². The second-order valence-corrected chi connectivity index (χ2v) is 5.11. The van der Waals surface area contributed by atoms with Crippen LogP contribution in [0.1, 0.15) is 20.8 Å². The SMILES string of the molecule is N#Cc1ccc(OCc2ccsc2C(=O)NN)cc1Cl. The van der Waals surface area contributed by atoms with Crippen LogP contribution in [0.2, 0.25) is 5.02 Å². The van der Waals surface area contributed by atoms with Crippen LogP contribution in [0.3, 0.4) is 0 Å². The van der Waals surface area contributed by atoms with Crippen molar-refractivity contribution >= 4 is 28.8 Å². The number of rotatable bonds is 4. The van der Waals surface area contributed by atoms with E-state index in [9.17, 15) is 4.79 Å². The predicted molar refractivity (Wildman–Crippen MR) is 76.5 cm³/mol. The zero-order valence-electron chi connectivity index (χ0n) is 10.2. The van der Waals surface area contributed by atoms with E-state index >= 15 is 0 Å². The van der Waals surface area contributed by atoms with Gasteiger partial charge in [-0.3, -0.25) is 10.2 Å². The average molecular weight is 308 g/mol. The number of hydrazine groups is 1. The fraction of sp³-hybridized carbons (Fsp3) is 0.0769. The molecule has 0 aliphatic rings. The van der Waals surface area contributed by atoms with Gasteiger partial charge in [0, 0.05) is 11.6 Å². The van der Waals surface area contributed by atoms with Crippen molar-refractivity contribution in [3.8, 4) is 11.8 Å². The van der Waals surface area contributed by atoms with Crippen molar-refractivity contribution in [2.24, 2.45) is 5.84 Å². The molecular weight excluding hydrogens is 298 g/mol. The molecule has 1 heterocycles. The lowest BCUT2D eigenvalue weighted by atomic mass is 10.2. The lowest BCUT2D eigenvalue weighted by Crippen LogP contribution is -2.30. The summed E-state index contributed by atoms with van der Waals surface area (Å²) in [7, 11) is 0. The number of carbonyl (C=O) groups excluding carboxylic acids is 1. The lowest BCUT2D eigenvalue weighted by molar-refractivity contribution is 0.0955. The van der Waals surface area contributed by atoms with Crippen LogP contribution < -0.4 is 16.0 Å². The van der Waals surface area contributed by atoms with Crippen LogP contribution in [0.15, 0.2) is 29.6 Å². The van der Waals surface area contributed by atoms with Gasteiger partial charge in [-0.1, -0.05) is 11.6 Å². The summed E-state index contributed by atoms with van der Waals surface area (Å²) in [5.74, 6) is 5.29. The van der Waals surface area contributed by atoms with Gasteiger partial charge in [0.15, 0.2) is 0 Å². The van der Waals surface area contributed by atoms with Gasteiger partial charge < -0.3 is 4.74 Å². The number of nitriles is 1. The Morgan fingerprint density at radius 1 is 1.50 bits per heavy atom. The summed E-state index contributed by atoms with van der Waals surface area (Å²) in [6.45, 7) is 0.217. The Labute approximate surface area is 124 Å². The third-order valence-electron chi connectivity index (χ3n) is 2.54. The highest BCUT2D eigenvalue weighted by Crippen LogP contribution is 2.24. The summed E-state index contributed by atoms with van der Waals surface area (Å²) in [6, 6.07) is 8.56. The molecule has 1 amide bonds. The van der Waals surface area contributed by atoms with E-state index in [2.05, 4.69) is 5.43 Å². The highest BCUT2D eigenvalue weighted by molar-refractivity contribution is 7.12. The molecule has 0 unspecified atom stereocenters. The van der Waals surface area contributed by atoms with Gasteiger partial charge >= 0.3 is 0 Å². The lowest BCUT2D eigenvalue weighted by Gasteiger charge is -2.07. The maximum atomic E-state index is 11.5. The molecule has 2 aromatic rings. The van der Waals surface area contributed by atoms with Crippen LogP contribution in [0, 0.1) is 11.3 Å². The Kier molecular flexibility index (Phi) is 4.58. The molecule has 0 saturated heterocycles. The van der Waals surface area contributed by atoms with E-state index in [1.54, 1.807) is 29.6 Å². The number of nitrogens with two attached hydrogens (primary N) is 1. The third kappa shape index (κ3) is 3.08. The molecule has 1 aromatic heterocycles. The molecule has 0 aliphatic carbocycles. The van der Waals surface area contributed by atoms with Crippen molar-refractivity contribution in [1.82, 2.24) is 5.43 Å². The Balaban J connectivity index is 2.10. The first-order chi connectivity index (χ1) is 9.65. The molecule has 0 bridgehead atoms. The fourth-order valence-corrected chi connectivity index (χ4v) is 2.58. The Morgan fingerprint density at radius 2 is 2.30 bits per heavy atom. The first kappa shape index (κ1) is 14.3. The van der Waals surface area contributed by atoms with E-state index < -0.39 is 0 Å². The zero-order chi connectivity index (χ0) is 14.5. The van der Waals surface area contributed by atoms with Crippen LogP contribution >= 0.6 is 22.9 Å². The molecule has 0 atom stereocenters. The van der Waals surface area contributed by atoms with Gasteiger partial charge in [0.25, 0.3) is 5.91 Å². The number of nitrogen functional groups attached to an aromatic ring is 1. The van der Waals surface area contributed by atoms with E-state index in [-0.39, 0.29) is 12.5 Å². The highest BCUT2D eigenvalue weighted by Gasteiger charge is 2.12. The highest BCUT2D eigenvalue weighted by atomic mass is 35.5. The fourth-order valence-electron chi connectivity index (χ4n) is 1.55. The Morgan fingerprint density at radius 3 is 2.95 bits per heavy atom. The number of halogens is 1. The zero-order valence-corrected chi connectivity index (χ0v) is 11.8. The summed E-state index contributed by atoms with van der Waals surface area (Å²) < 4.78 is 5.56. The molecule has 20 heavy (non-hydrogen) atoms. The normalized spacial score (nSPS) is 9.85. The van der Waals surface area contributed by atoms with Crippen LogP contribution in [0.5, 0.6) is 5.75 Å². The van der Waals surface area contributed by atoms with E-state index in [1.165, 1.54) is 11.3 Å². The van der Waals surface area contributed by atoms with Crippen LogP contribution in [-0.2, 0) is 6.61 Å². The Hall–Kier alpha value is -2.07. The largest absolute Gasteiger partial charge is 0.489 e. The molecule has 102 valence electrons. The summed E-state index contributed by atoms with van der Waals surface area (Å²) in [4.78, 5) is 12.0. The van der Waals surface area contributed by atoms with Crippen molar-refractivity contribution < 1.29 is 9.53 Å². The molecule has 7 heteroatoms. The molecule has 5 nitrogen and oxygen atoms in total. The molecule has 3 N–H and O–H groups in total. The van der Waals surface area contributed by atoms with Gasteiger partial charge in [-0.25, -0.2) is 5.84 Å². The molecule has 0 radical (unpaired) electrons. The molecule has 2 rings (SSSR count). The molecule has 0 aliphatic heterocycles. The van der Waals surface area contributed by atoms with Gasteiger partial charge in [-0.15, -0.1) is 11.3 Å². The van der Waals surface area contributed by atoms with Gasteiger partial charge in [0.05, 0.1) is 15.5 Å². The molecule has 1 aromatic carbocycles. The van der Waals surface area contributed by atoms with E-state index in [1.807, 2.05) is 6.07 Å². The van der Waals surface area contributed by atoms with Crippen molar-refractivity contribution in [2.45, 2.75) is 6.61 Å². The monoisotopic (exact) mass is 307 g/mol. The van der Waals surface area contributed by atoms with Gasteiger partial charge in [-0.2, -0.15) is 5.26 Å². The molecule has 0 saturated carbocycles. The molecule has 0 fully saturated rings. The predicted octanol–water partition coefficient (Wildman–Crippen LogP) is 2.46. The van der Waals surface area contributed by atoms with Crippen LogP contribution in [-0.4, -0.2) is 5.91 Å². The van der Waals surface area contributed by atoms with Crippen molar-refractivity contribution in [3.63, 3.8) is 0 Å². The standard InChI is InChI=1S/C13H10ClN3O2S/c14-11-5-10(2-1-8(11)6-15)19-7-9-3-4-20-12(9)13(18)17-16/h1-5H,7,16H2,(H,17,18). The number of ether oxygens (including phenoxy) is 1. The number of nitrogens with one attached hydrogen (secondary N) is 1. The summed E-state index contributed by atoms with van der Waals surface area (Å²) >= 11 is 7.20.